The molecule has 0 unspecified atom stereocenters. The molecule has 11 rings (SSSR count). The molecule has 2 heteroatoms. The van der Waals surface area contributed by atoms with E-state index in [2.05, 4.69) is 195 Å². The molecule has 2 nitrogen and oxygen atoms in total. The molecule has 0 bridgehead atoms. The van der Waals surface area contributed by atoms with Gasteiger partial charge in [0.25, 0.3) is 0 Å². The predicted molar refractivity (Wildman–Crippen MR) is 268 cm³/mol. The number of benzene rings is 7. The van der Waals surface area contributed by atoms with Crippen LogP contribution in [-0.4, -0.2) is 0 Å². The van der Waals surface area contributed by atoms with E-state index in [9.17, 15) is 0 Å². The highest BCUT2D eigenvalue weighted by molar-refractivity contribution is 6.13. The molecule has 63 heavy (non-hydrogen) atoms. The summed E-state index contributed by atoms with van der Waals surface area (Å²) < 4.78 is 7.44. The van der Waals surface area contributed by atoms with Crippen LogP contribution < -0.4 is 4.90 Å². The Morgan fingerprint density at radius 1 is 0.540 bits per heavy atom. The number of hydrogen-bond donors (Lipinski definition) is 0. The number of nitrogens with zero attached hydrogens (tertiary/aromatic N) is 1. The number of anilines is 3. The summed E-state index contributed by atoms with van der Waals surface area (Å²) in [5, 5.41) is 2.39. The number of furan rings is 1. The van der Waals surface area contributed by atoms with Crippen LogP contribution in [-0.2, 0) is 16.2 Å². The first-order valence-corrected chi connectivity index (χ1v) is 23.5. The lowest BCUT2D eigenvalue weighted by Gasteiger charge is -2.30. The van der Waals surface area contributed by atoms with Crippen molar-refractivity contribution < 1.29 is 4.42 Å². The molecule has 1 heterocycles. The first-order valence-electron chi connectivity index (χ1n) is 23.5. The fourth-order valence-electron chi connectivity index (χ4n) is 12.4. The van der Waals surface area contributed by atoms with Crippen molar-refractivity contribution in [2.45, 2.75) is 124 Å². The van der Waals surface area contributed by atoms with E-state index in [0.717, 1.165) is 28.2 Å². The third kappa shape index (κ3) is 6.03. The first-order chi connectivity index (χ1) is 30.1. The van der Waals surface area contributed by atoms with E-state index in [1.807, 2.05) is 0 Å². The molecule has 0 N–H and O–H groups in total. The van der Waals surface area contributed by atoms with Gasteiger partial charge in [-0.1, -0.05) is 158 Å². The van der Waals surface area contributed by atoms with Crippen LogP contribution in [0.2, 0.25) is 0 Å². The van der Waals surface area contributed by atoms with Crippen molar-refractivity contribution in [1.29, 1.82) is 0 Å². The predicted octanol–water partition coefficient (Wildman–Crippen LogP) is 17.6. The van der Waals surface area contributed by atoms with Gasteiger partial charge in [-0.2, -0.15) is 0 Å². The van der Waals surface area contributed by atoms with E-state index in [0.29, 0.717) is 5.92 Å². The highest BCUT2D eigenvalue weighted by Crippen LogP contribution is 2.56. The maximum absolute atomic E-state index is 7.44. The number of para-hydroxylation sites is 1. The van der Waals surface area contributed by atoms with Gasteiger partial charge in [-0.3, -0.25) is 0 Å². The SMILES string of the molecule is Cc1cc(C)c(-c2cc(N(c3ccc4c(c3)C(C)(C)c3ccccc3-4)c3ccc4c(c3)C(C)(C)c3cccc(C(C)(C)C)c3-4)c3oc4c(C5CCCCC5)cccc4c3c2)c(C)c1. The van der Waals surface area contributed by atoms with Gasteiger partial charge in [0.05, 0.1) is 5.69 Å². The third-order valence-corrected chi connectivity index (χ3v) is 15.4. The molecule has 0 aliphatic heterocycles. The maximum atomic E-state index is 7.44. The lowest BCUT2D eigenvalue weighted by molar-refractivity contribution is 0.442. The fourth-order valence-corrected chi connectivity index (χ4v) is 12.4. The molecular formula is C61H61NO. The van der Waals surface area contributed by atoms with Gasteiger partial charge in [0.1, 0.15) is 5.58 Å². The molecule has 3 aliphatic carbocycles. The van der Waals surface area contributed by atoms with Gasteiger partial charge >= 0.3 is 0 Å². The van der Waals surface area contributed by atoms with Crippen molar-refractivity contribution >= 4 is 39.0 Å². The van der Waals surface area contributed by atoms with Gasteiger partial charge in [0, 0.05) is 33.0 Å². The summed E-state index contributed by atoms with van der Waals surface area (Å²) >= 11 is 0. The smallest absolute Gasteiger partial charge is 0.159 e. The van der Waals surface area contributed by atoms with E-state index in [4.69, 9.17) is 4.42 Å². The standard InChI is InChI=1S/C61H61NO/c1-36-30-37(2)55(38(3)31-36)40-32-48-46-22-16-21-43(39-18-12-11-13-19-39)57(46)63-58(48)54(33-40)62(41-26-28-45-44-20-14-15-23-49(44)60(7,8)52(45)34-41)42-27-29-47-53(35-42)61(9,10)51-25-17-24-50(56(47)51)59(4,5)6/h14-17,20-35,39H,11-13,18-19H2,1-10H3. The van der Waals surface area contributed by atoms with E-state index in [1.165, 1.54) is 126 Å². The molecule has 0 spiro atoms. The molecule has 7 aromatic carbocycles. The van der Waals surface area contributed by atoms with Crippen molar-refractivity contribution in [1.82, 2.24) is 0 Å². The first kappa shape index (κ1) is 40.0. The zero-order valence-electron chi connectivity index (χ0n) is 39.0. The van der Waals surface area contributed by atoms with Crippen LogP contribution in [0.15, 0.2) is 126 Å². The minimum absolute atomic E-state index is 0.0125. The van der Waals surface area contributed by atoms with Gasteiger partial charge in [-0.15, -0.1) is 0 Å². The normalized spacial score (nSPS) is 16.3. The molecule has 0 atom stereocenters. The van der Waals surface area contributed by atoms with E-state index >= 15 is 0 Å². The summed E-state index contributed by atoms with van der Waals surface area (Å²) in [7, 11) is 0. The number of aryl methyl sites for hydroxylation is 3. The molecule has 8 aromatic rings. The van der Waals surface area contributed by atoms with Gasteiger partial charge in [0.15, 0.2) is 5.58 Å². The second-order valence-electron chi connectivity index (χ2n) is 21.4. The van der Waals surface area contributed by atoms with Crippen molar-refractivity contribution in [3.63, 3.8) is 0 Å². The molecule has 1 aromatic heterocycles. The van der Waals surface area contributed by atoms with E-state index < -0.39 is 0 Å². The lowest BCUT2D eigenvalue weighted by atomic mass is 9.79. The molecule has 3 aliphatic rings. The molecule has 0 saturated heterocycles. The monoisotopic (exact) mass is 823 g/mol. The number of rotatable bonds is 5. The third-order valence-electron chi connectivity index (χ3n) is 15.4. The van der Waals surface area contributed by atoms with Crippen LogP contribution >= 0.6 is 0 Å². The molecule has 0 amide bonds. The van der Waals surface area contributed by atoms with E-state index in [-0.39, 0.29) is 16.2 Å². The molecular weight excluding hydrogens is 763 g/mol. The van der Waals surface area contributed by atoms with Gasteiger partial charge in [-0.25, -0.2) is 0 Å². The summed E-state index contributed by atoms with van der Waals surface area (Å²) in [6.07, 6.45) is 6.34. The molecule has 0 radical (unpaired) electrons. The minimum Gasteiger partial charge on any atom is -0.454 e. The summed E-state index contributed by atoms with van der Waals surface area (Å²) in [5.41, 5.74) is 25.2. The molecule has 1 saturated carbocycles. The average Bonchev–Trinajstić information content (AvgIpc) is 3.83. The summed E-state index contributed by atoms with van der Waals surface area (Å²) in [6, 6.07) is 47.0. The summed E-state index contributed by atoms with van der Waals surface area (Å²) in [4.78, 5) is 2.54. The summed E-state index contributed by atoms with van der Waals surface area (Å²) in [6.45, 7) is 23.4. The Balaban J connectivity index is 1.22. The minimum atomic E-state index is -0.184. The van der Waals surface area contributed by atoms with Crippen LogP contribution in [0.4, 0.5) is 17.1 Å². The van der Waals surface area contributed by atoms with Gasteiger partial charge < -0.3 is 9.32 Å². The zero-order valence-corrected chi connectivity index (χ0v) is 39.0. The number of fused-ring (bicyclic) bond motifs is 9. The maximum Gasteiger partial charge on any atom is 0.159 e. The topological polar surface area (TPSA) is 16.4 Å². The highest BCUT2D eigenvalue weighted by atomic mass is 16.3. The van der Waals surface area contributed by atoms with Crippen molar-refractivity contribution in [3.05, 3.63) is 171 Å². The Hall–Kier alpha value is -5.86. The second kappa shape index (κ2) is 14.1. The Bertz CT molecular complexity index is 3150. The van der Waals surface area contributed by atoms with Crippen LogP contribution in [0.25, 0.3) is 55.3 Å². The largest absolute Gasteiger partial charge is 0.454 e. The van der Waals surface area contributed by atoms with Crippen LogP contribution in [0.1, 0.15) is 137 Å². The fraction of sp³-hybridized carbons (Fsp3) is 0.311. The molecule has 316 valence electrons. The van der Waals surface area contributed by atoms with Crippen LogP contribution in [0.5, 0.6) is 0 Å². The Kier molecular flexibility index (Phi) is 8.92. The molecule has 1 fully saturated rings. The Morgan fingerprint density at radius 3 is 1.87 bits per heavy atom. The second-order valence-corrected chi connectivity index (χ2v) is 21.4. The Morgan fingerprint density at radius 2 is 1.16 bits per heavy atom. The number of hydrogen-bond acceptors (Lipinski definition) is 2. The quantitative estimate of drug-likeness (QED) is 0.172. The van der Waals surface area contributed by atoms with Crippen molar-refractivity contribution in [2.75, 3.05) is 4.90 Å². The van der Waals surface area contributed by atoms with Crippen LogP contribution in [0, 0.1) is 20.8 Å². The van der Waals surface area contributed by atoms with Gasteiger partial charge in [0.2, 0.25) is 0 Å². The van der Waals surface area contributed by atoms with Gasteiger partial charge in [-0.05, 0) is 159 Å². The van der Waals surface area contributed by atoms with Crippen molar-refractivity contribution in [3.8, 4) is 33.4 Å². The van der Waals surface area contributed by atoms with Crippen molar-refractivity contribution in [2.24, 2.45) is 0 Å². The van der Waals surface area contributed by atoms with E-state index in [1.54, 1.807) is 0 Å². The highest BCUT2D eigenvalue weighted by Gasteiger charge is 2.40. The van der Waals surface area contributed by atoms with Crippen LogP contribution in [0.3, 0.4) is 0 Å². The Labute approximate surface area is 375 Å². The zero-order chi connectivity index (χ0) is 43.7. The summed E-state index contributed by atoms with van der Waals surface area (Å²) in [5.74, 6) is 0.516. The lowest BCUT2D eigenvalue weighted by Crippen LogP contribution is -2.18. The average molecular weight is 824 g/mol.